The van der Waals surface area contributed by atoms with Crippen LogP contribution in [0.25, 0.3) is 0 Å². The number of nitrogens with zero attached hydrogens (tertiary/aromatic N) is 2. The number of benzene rings is 1. The minimum absolute atomic E-state index is 0.0253. The van der Waals surface area contributed by atoms with Gasteiger partial charge in [0.1, 0.15) is 6.07 Å². The molecule has 1 aromatic heterocycles. The van der Waals surface area contributed by atoms with Gasteiger partial charge in [-0.3, -0.25) is 0 Å². The van der Waals surface area contributed by atoms with E-state index >= 15 is 0 Å². The molecule has 24 heavy (non-hydrogen) atoms. The number of pyridine rings is 1. The summed E-state index contributed by atoms with van der Waals surface area (Å²) in [6.07, 6.45) is 2.13. The maximum atomic E-state index is 9.34. The molecule has 2 aromatic rings. The lowest BCUT2D eigenvalue weighted by Gasteiger charge is -2.20. The van der Waals surface area contributed by atoms with Crippen LogP contribution in [-0.2, 0) is 0 Å². The maximum absolute atomic E-state index is 9.34. The third-order valence-corrected chi connectivity index (χ3v) is 4.79. The lowest BCUT2D eigenvalue weighted by molar-refractivity contribution is 0.259. The zero-order valence-corrected chi connectivity index (χ0v) is 14.4. The molecule has 1 aromatic carbocycles. The molecule has 126 valence electrons. The molecule has 0 aliphatic heterocycles. The molecule has 1 heterocycles. The summed E-state index contributed by atoms with van der Waals surface area (Å²) in [5.41, 5.74) is 7.55. The van der Waals surface area contributed by atoms with Crippen molar-refractivity contribution in [2.24, 2.45) is 5.73 Å². The molecule has 0 fully saturated rings. The lowest BCUT2D eigenvalue weighted by Crippen LogP contribution is -2.26. The molecule has 0 unspecified atom stereocenters. The molecule has 6 heteroatoms. The molecule has 0 saturated heterocycles. The van der Waals surface area contributed by atoms with E-state index in [-0.39, 0.29) is 17.9 Å². The minimum Gasteiger partial charge on any atom is -0.478 e. The van der Waals surface area contributed by atoms with Crippen LogP contribution >= 0.6 is 11.8 Å². The first-order valence-corrected chi connectivity index (χ1v) is 8.66. The monoisotopic (exact) mass is 343 g/mol. The molecular weight excluding hydrogens is 322 g/mol. The van der Waals surface area contributed by atoms with Gasteiger partial charge in [-0.1, -0.05) is 30.3 Å². The first-order chi connectivity index (χ1) is 11.7. The second-order valence-corrected chi connectivity index (χ2v) is 6.50. The Morgan fingerprint density at radius 1 is 1.38 bits per heavy atom. The third kappa shape index (κ3) is 4.96. The Morgan fingerprint density at radius 2 is 2.12 bits per heavy atom. The number of thioether (sulfide) groups is 1. The Labute approximate surface area is 146 Å². The average Bonchev–Trinajstić information content (AvgIpc) is 2.62. The molecule has 0 spiro atoms. The van der Waals surface area contributed by atoms with E-state index < -0.39 is 0 Å². The van der Waals surface area contributed by atoms with Crippen LogP contribution in [0.5, 0.6) is 5.88 Å². The Hall–Kier alpha value is -2.07. The normalized spacial score (nSPS) is 13.1. The Balaban J connectivity index is 2.31. The van der Waals surface area contributed by atoms with Gasteiger partial charge >= 0.3 is 0 Å². The van der Waals surface area contributed by atoms with Crippen LogP contribution in [0.4, 0.5) is 0 Å². The van der Waals surface area contributed by atoms with Crippen molar-refractivity contribution < 1.29 is 9.84 Å². The summed E-state index contributed by atoms with van der Waals surface area (Å²) in [6, 6.07) is 13.6. The fourth-order valence-electron chi connectivity index (χ4n) is 2.25. The zero-order valence-electron chi connectivity index (χ0n) is 13.6. The predicted molar refractivity (Wildman–Crippen MR) is 94.8 cm³/mol. The van der Waals surface area contributed by atoms with E-state index in [1.54, 1.807) is 17.8 Å². The van der Waals surface area contributed by atoms with Gasteiger partial charge in [-0.25, -0.2) is 4.98 Å². The number of hydrogen-bond donors (Lipinski definition) is 2. The van der Waals surface area contributed by atoms with E-state index in [4.69, 9.17) is 10.5 Å². The van der Waals surface area contributed by atoms with Crippen LogP contribution < -0.4 is 10.5 Å². The van der Waals surface area contributed by atoms with Crippen molar-refractivity contribution in [2.75, 3.05) is 13.2 Å². The van der Waals surface area contributed by atoms with Gasteiger partial charge in [0.15, 0.2) is 0 Å². The number of ether oxygens (including phenoxy) is 1. The molecule has 0 radical (unpaired) electrons. The first kappa shape index (κ1) is 18.3. The number of nitrogens with two attached hydrogens (primary N) is 1. The highest BCUT2D eigenvalue weighted by atomic mass is 32.2. The summed E-state index contributed by atoms with van der Waals surface area (Å²) in [4.78, 5) is 4.94. The van der Waals surface area contributed by atoms with Gasteiger partial charge in [0, 0.05) is 28.5 Å². The molecule has 0 bridgehead atoms. The number of rotatable bonds is 8. The van der Waals surface area contributed by atoms with Crippen LogP contribution in [-0.4, -0.2) is 29.3 Å². The molecule has 0 amide bonds. The quantitative estimate of drug-likeness (QED) is 0.716. The zero-order chi connectivity index (χ0) is 17.4. The highest BCUT2D eigenvalue weighted by Gasteiger charge is 2.19. The van der Waals surface area contributed by atoms with E-state index in [0.717, 1.165) is 10.5 Å². The number of aliphatic hydroxyl groups excluding tert-OH is 1. The van der Waals surface area contributed by atoms with Crippen LogP contribution in [0.15, 0.2) is 47.5 Å². The second-order valence-electron chi connectivity index (χ2n) is 5.26. The average molecular weight is 343 g/mol. The lowest BCUT2D eigenvalue weighted by atomic mass is 10.1. The molecule has 2 atom stereocenters. The summed E-state index contributed by atoms with van der Waals surface area (Å²) in [5, 5.41) is 18.7. The van der Waals surface area contributed by atoms with Crippen LogP contribution in [0, 0.1) is 11.3 Å². The van der Waals surface area contributed by atoms with Crippen molar-refractivity contribution in [1.29, 1.82) is 5.26 Å². The topological polar surface area (TPSA) is 92.2 Å². The number of aromatic nitrogens is 1. The van der Waals surface area contributed by atoms with Crippen molar-refractivity contribution >= 4 is 11.8 Å². The van der Waals surface area contributed by atoms with Gasteiger partial charge in [-0.05, 0) is 18.9 Å². The van der Waals surface area contributed by atoms with E-state index in [1.165, 1.54) is 6.20 Å². The Kier molecular flexibility index (Phi) is 7.07. The summed E-state index contributed by atoms with van der Waals surface area (Å²) in [5.74, 6) is 0.497. The Morgan fingerprint density at radius 3 is 2.75 bits per heavy atom. The fourth-order valence-corrected chi connectivity index (χ4v) is 3.59. The van der Waals surface area contributed by atoms with E-state index in [0.29, 0.717) is 24.5 Å². The molecule has 0 aliphatic rings. The van der Waals surface area contributed by atoms with Gasteiger partial charge in [0.25, 0.3) is 0 Å². The van der Waals surface area contributed by atoms with E-state index in [9.17, 15) is 10.4 Å². The molecule has 0 saturated carbocycles. The molecule has 5 nitrogen and oxygen atoms in total. The van der Waals surface area contributed by atoms with Gasteiger partial charge < -0.3 is 15.6 Å². The summed E-state index contributed by atoms with van der Waals surface area (Å²) in [6.45, 7) is 2.33. The second kappa shape index (κ2) is 9.28. The standard InChI is InChI=1S/C18H21N3O2S/c1-2-23-18-9-17(14(10-19)11-21-18)24-16(8-15(20)12-22)13-6-4-3-5-7-13/h3-7,9,11,15-16,22H,2,8,12,20H2,1H3/t15-,16+/m0/s1. The molecule has 0 aliphatic carbocycles. The summed E-state index contributed by atoms with van der Waals surface area (Å²) in [7, 11) is 0. The molecule has 2 rings (SSSR count). The van der Waals surface area contributed by atoms with Crippen molar-refractivity contribution in [3.8, 4) is 11.9 Å². The van der Waals surface area contributed by atoms with Gasteiger partial charge in [-0.2, -0.15) is 5.26 Å². The highest BCUT2D eigenvalue weighted by molar-refractivity contribution is 7.99. The van der Waals surface area contributed by atoms with Gasteiger partial charge in [-0.15, -0.1) is 11.8 Å². The number of hydrogen-bond acceptors (Lipinski definition) is 6. The first-order valence-electron chi connectivity index (χ1n) is 7.78. The van der Waals surface area contributed by atoms with Crippen LogP contribution in [0.1, 0.15) is 29.7 Å². The predicted octanol–water partition coefficient (Wildman–Crippen LogP) is 2.90. The van der Waals surface area contributed by atoms with Gasteiger partial charge in [0.2, 0.25) is 5.88 Å². The van der Waals surface area contributed by atoms with Crippen molar-refractivity contribution in [1.82, 2.24) is 4.98 Å². The molecular formula is C18H21N3O2S. The van der Waals surface area contributed by atoms with Crippen molar-refractivity contribution in [2.45, 2.75) is 29.5 Å². The van der Waals surface area contributed by atoms with Crippen LogP contribution in [0.3, 0.4) is 0 Å². The number of aliphatic hydroxyl groups is 1. The van der Waals surface area contributed by atoms with E-state index in [2.05, 4.69) is 11.1 Å². The molecule has 3 N–H and O–H groups in total. The van der Waals surface area contributed by atoms with Crippen LogP contribution in [0.2, 0.25) is 0 Å². The van der Waals surface area contributed by atoms with Gasteiger partial charge in [0.05, 0.1) is 18.8 Å². The SMILES string of the molecule is CCOc1cc(S[C@H](C[C@H](N)CO)c2ccccc2)c(C#N)cn1. The minimum atomic E-state index is -0.318. The van der Waals surface area contributed by atoms with Crippen molar-refractivity contribution in [3.63, 3.8) is 0 Å². The smallest absolute Gasteiger partial charge is 0.214 e. The third-order valence-electron chi connectivity index (χ3n) is 3.45. The summed E-state index contributed by atoms with van der Waals surface area (Å²) >= 11 is 1.54. The Bertz CT molecular complexity index is 688. The van der Waals surface area contributed by atoms with E-state index in [1.807, 2.05) is 37.3 Å². The maximum Gasteiger partial charge on any atom is 0.214 e. The summed E-state index contributed by atoms with van der Waals surface area (Å²) < 4.78 is 5.44. The highest BCUT2D eigenvalue weighted by Crippen LogP contribution is 2.40. The largest absolute Gasteiger partial charge is 0.478 e. The fraction of sp³-hybridized carbons (Fsp3) is 0.333. The van der Waals surface area contributed by atoms with Crippen molar-refractivity contribution in [3.05, 3.63) is 53.7 Å². The number of nitriles is 1.